The third-order valence-corrected chi connectivity index (χ3v) is 7.16. The maximum absolute atomic E-state index is 13.3. The average molecular weight is 527 g/mol. The largest absolute Gasteiger partial charge is 0.463 e. The second kappa shape index (κ2) is 17.6. The third-order valence-electron chi connectivity index (χ3n) is 7.16. The van der Waals surface area contributed by atoms with Crippen LogP contribution in [-0.4, -0.2) is 48.2 Å². The molecule has 0 bridgehead atoms. The summed E-state index contributed by atoms with van der Waals surface area (Å²) in [7, 11) is 0. The summed E-state index contributed by atoms with van der Waals surface area (Å²) in [5, 5.41) is 15.0. The summed E-state index contributed by atoms with van der Waals surface area (Å²) in [4.78, 5) is 38.7. The van der Waals surface area contributed by atoms with Crippen LogP contribution >= 0.6 is 0 Å². The highest BCUT2D eigenvalue weighted by Crippen LogP contribution is 2.28. The van der Waals surface area contributed by atoms with Crippen molar-refractivity contribution in [2.24, 2.45) is 17.8 Å². The van der Waals surface area contributed by atoms with Gasteiger partial charge in [-0.2, -0.15) is 0 Å². The number of nitrogens with one attached hydrogen (secondary N) is 2. The minimum absolute atomic E-state index is 0.00336. The molecule has 7 heteroatoms. The van der Waals surface area contributed by atoms with Crippen molar-refractivity contribution in [3.63, 3.8) is 0 Å². The monoisotopic (exact) mass is 526 g/mol. The van der Waals surface area contributed by atoms with Crippen LogP contribution in [0.2, 0.25) is 0 Å². The fourth-order valence-electron chi connectivity index (χ4n) is 5.06. The molecule has 0 saturated heterocycles. The first-order valence-corrected chi connectivity index (χ1v) is 14.0. The first kappa shape index (κ1) is 31.3. The molecular weight excluding hydrogens is 480 g/mol. The van der Waals surface area contributed by atoms with Gasteiger partial charge in [-0.1, -0.05) is 74.6 Å². The van der Waals surface area contributed by atoms with E-state index in [0.29, 0.717) is 25.2 Å². The number of aliphatic hydroxyl groups is 1. The van der Waals surface area contributed by atoms with Crippen molar-refractivity contribution in [1.82, 2.24) is 10.6 Å². The van der Waals surface area contributed by atoms with Gasteiger partial charge in [0, 0.05) is 12.5 Å². The van der Waals surface area contributed by atoms with Crippen molar-refractivity contribution in [3.05, 3.63) is 61.2 Å². The molecule has 38 heavy (non-hydrogen) atoms. The van der Waals surface area contributed by atoms with E-state index in [1.165, 1.54) is 19.3 Å². The lowest BCUT2D eigenvalue weighted by atomic mass is 9.84. The van der Waals surface area contributed by atoms with E-state index in [1.807, 2.05) is 30.3 Å². The number of allylic oxidation sites excluding steroid dienone is 2. The van der Waals surface area contributed by atoms with Gasteiger partial charge in [0.2, 0.25) is 11.8 Å². The SMILES string of the molecule is C=CC[C@H](CC(=O)N[C@@H](C)CO)C(=O)N[C@H](COC(=O)[C@@H](CC=C)Cc1ccccc1)CC1CCCCC1. The molecule has 0 aromatic heterocycles. The normalized spacial score (nSPS) is 16.9. The Bertz CT molecular complexity index is 882. The summed E-state index contributed by atoms with van der Waals surface area (Å²) in [5.74, 6) is -1.30. The maximum Gasteiger partial charge on any atom is 0.309 e. The Kier molecular flexibility index (Phi) is 14.5. The predicted molar refractivity (Wildman–Crippen MR) is 150 cm³/mol. The van der Waals surface area contributed by atoms with Crippen LogP contribution in [0.1, 0.15) is 70.3 Å². The van der Waals surface area contributed by atoms with Crippen LogP contribution in [0.3, 0.4) is 0 Å². The summed E-state index contributed by atoms with van der Waals surface area (Å²) in [6.07, 6.45) is 11.3. The summed E-state index contributed by atoms with van der Waals surface area (Å²) >= 11 is 0. The van der Waals surface area contributed by atoms with Crippen LogP contribution in [0, 0.1) is 17.8 Å². The third kappa shape index (κ3) is 11.6. The van der Waals surface area contributed by atoms with Crippen molar-refractivity contribution >= 4 is 17.8 Å². The van der Waals surface area contributed by atoms with Gasteiger partial charge in [-0.15, -0.1) is 13.2 Å². The number of rotatable bonds is 17. The maximum atomic E-state index is 13.3. The molecule has 1 aromatic carbocycles. The molecule has 0 unspecified atom stereocenters. The van der Waals surface area contributed by atoms with E-state index in [1.54, 1.807) is 19.1 Å². The van der Waals surface area contributed by atoms with Crippen LogP contribution in [0.4, 0.5) is 0 Å². The second-order valence-electron chi connectivity index (χ2n) is 10.6. The minimum atomic E-state index is -0.588. The topological polar surface area (TPSA) is 105 Å². The predicted octanol–water partition coefficient (Wildman–Crippen LogP) is 4.50. The zero-order chi connectivity index (χ0) is 27.8. The van der Waals surface area contributed by atoms with Gasteiger partial charge < -0.3 is 20.5 Å². The van der Waals surface area contributed by atoms with Crippen LogP contribution in [0.25, 0.3) is 0 Å². The number of benzene rings is 1. The highest BCUT2D eigenvalue weighted by molar-refractivity contribution is 5.86. The minimum Gasteiger partial charge on any atom is -0.463 e. The summed E-state index contributed by atoms with van der Waals surface area (Å²) in [5.41, 5.74) is 1.06. The zero-order valence-corrected chi connectivity index (χ0v) is 22.9. The smallest absolute Gasteiger partial charge is 0.309 e. The lowest BCUT2D eigenvalue weighted by Crippen LogP contribution is -2.45. The van der Waals surface area contributed by atoms with Gasteiger partial charge in [0.25, 0.3) is 0 Å². The van der Waals surface area contributed by atoms with Gasteiger partial charge in [0.1, 0.15) is 6.61 Å². The average Bonchev–Trinajstić information content (AvgIpc) is 2.92. The molecule has 2 rings (SSSR count). The number of ether oxygens (including phenoxy) is 1. The van der Waals surface area contributed by atoms with Crippen molar-refractivity contribution in [2.45, 2.75) is 83.2 Å². The van der Waals surface area contributed by atoms with Gasteiger partial charge in [0.05, 0.1) is 24.5 Å². The first-order valence-electron chi connectivity index (χ1n) is 14.0. The molecule has 2 amide bonds. The number of hydrogen-bond acceptors (Lipinski definition) is 5. The molecule has 7 nitrogen and oxygen atoms in total. The molecule has 210 valence electrons. The standard InChI is InChI=1S/C31H46N2O5/c1-4-12-26(20-29(35)32-23(3)21-34)30(36)33-28(19-25-16-10-7-11-17-25)22-38-31(37)27(13-5-2)18-24-14-8-6-9-15-24/h4-6,8-9,14-15,23,25-28,34H,1-2,7,10-13,16-22H2,3H3,(H,32,35)(H,33,36)/t23-,26+,27-,28-/m0/s1. The molecule has 3 N–H and O–H groups in total. The Morgan fingerprint density at radius 3 is 2.32 bits per heavy atom. The number of hydrogen-bond donors (Lipinski definition) is 3. The molecule has 1 aliphatic rings. The van der Waals surface area contributed by atoms with Crippen molar-refractivity contribution < 1.29 is 24.2 Å². The van der Waals surface area contributed by atoms with Crippen LogP contribution in [-0.2, 0) is 25.5 Å². The summed E-state index contributed by atoms with van der Waals surface area (Å²) in [6.45, 7) is 9.17. The van der Waals surface area contributed by atoms with Gasteiger partial charge >= 0.3 is 5.97 Å². The van der Waals surface area contributed by atoms with E-state index in [2.05, 4.69) is 23.8 Å². The number of carbonyl (C=O) groups excluding carboxylic acids is 3. The van der Waals surface area contributed by atoms with Crippen molar-refractivity contribution in [3.8, 4) is 0 Å². The van der Waals surface area contributed by atoms with E-state index in [-0.39, 0.29) is 55.4 Å². The van der Waals surface area contributed by atoms with Crippen LogP contribution in [0.15, 0.2) is 55.6 Å². The van der Waals surface area contributed by atoms with Crippen LogP contribution < -0.4 is 10.6 Å². The second-order valence-corrected chi connectivity index (χ2v) is 10.6. The van der Waals surface area contributed by atoms with E-state index >= 15 is 0 Å². The highest BCUT2D eigenvalue weighted by Gasteiger charge is 2.28. The molecular formula is C31H46N2O5. The van der Waals surface area contributed by atoms with E-state index < -0.39 is 5.92 Å². The summed E-state index contributed by atoms with van der Waals surface area (Å²) in [6, 6.07) is 9.12. The number of amides is 2. The molecule has 1 saturated carbocycles. The molecule has 0 aliphatic heterocycles. The number of carbonyl (C=O) groups is 3. The van der Waals surface area contributed by atoms with E-state index in [0.717, 1.165) is 24.8 Å². The molecule has 1 aliphatic carbocycles. The quantitative estimate of drug-likeness (QED) is 0.205. The van der Waals surface area contributed by atoms with Gasteiger partial charge in [-0.05, 0) is 44.1 Å². The summed E-state index contributed by atoms with van der Waals surface area (Å²) < 4.78 is 5.79. The molecule has 0 radical (unpaired) electrons. The van der Waals surface area contributed by atoms with E-state index in [4.69, 9.17) is 4.74 Å². The Morgan fingerprint density at radius 2 is 1.68 bits per heavy atom. The fourth-order valence-corrected chi connectivity index (χ4v) is 5.06. The molecule has 0 heterocycles. The Morgan fingerprint density at radius 1 is 1.03 bits per heavy atom. The Balaban J connectivity index is 2.05. The number of esters is 1. The first-order chi connectivity index (χ1) is 18.4. The van der Waals surface area contributed by atoms with Gasteiger partial charge in [0.15, 0.2) is 0 Å². The molecule has 1 fully saturated rings. The lowest BCUT2D eigenvalue weighted by Gasteiger charge is -2.28. The molecule has 4 atom stereocenters. The zero-order valence-electron chi connectivity index (χ0n) is 22.9. The molecule has 1 aromatic rings. The van der Waals surface area contributed by atoms with Crippen LogP contribution in [0.5, 0.6) is 0 Å². The molecule has 0 spiro atoms. The lowest BCUT2D eigenvalue weighted by molar-refractivity contribution is -0.150. The van der Waals surface area contributed by atoms with E-state index in [9.17, 15) is 19.5 Å². The number of aliphatic hydroxyl groups excluding tert-OH is 1. The highest BCUT2D eigenvalue weighted by atomic mass is 16.5. The van der Waals surface area contributed by atoms with Gasteiger partial charge in [-0.3, -0.25) is 14.4 Å². The Labute approximate surface area is 228 Å². The van der Waals surface area contributed by atoms with Gasteiger partial charge in [-0.25, -0.2) is 0 Å². The van der Waals surface area contributed by atoms with Crippen molar-refractivity contribution in [1.29, 1.82) is 0 Å². The van der Waals surface area contributed by atoms with Crippen molar-refractivity contribution in [2.75, 3.05) is 13.2 Å². The Hall–Kier alpha value is -2.93. The fraction of sp³-hybridized carbons (Fsp3) is 0.581.